The van der Waals surface area contributed by atoms with Crippen molar-refractivity contribution in [2.75, 3.05) is 10.0 Å². The lowest BCUT2D eigenvalue weighted by atomic mass is 10.1. The number of nitrogens with zero attached hydrogens (tertiary/aromatic N) is 1. The van der Waals surface area contributed by atoms with Crippen molar-refractivity contribution in [3.05, 3.63) is 79.0 Å². The molecule has 0 aliphatic rings. The third-order valence-corrected chi connectivity index (χ3v) is 9.78. The third-order valence-electron chi connectivity index (χ3n) is 5.51. The molecule has 42 heavy (non-hydrogen) atoms. The number of hydrogen-bond donors (Lipinski definition) is 3. The summed E-state index contributed by atoms with van der Waals surface area (Å²) in [5.41, 5.74) is 0.995. The first-order valence-electron chi connectivity index (χ1n) is 12.9. The van der Waals surface area contributed by atoms with Crippen LogP contribution in [0.2, 0.25) is 0 Å². The van der Waals surface area contributed by atoms with E-state index in [-0.39, 0.29) is 21.6 Å². The van der Waals surface area contributed by atoms with Gasteiger partial charge in [-0.05, 0) is 83.1 Å². The summed E-state index contributed by atoms with van der Waals surface area (Å²) in [5.74, 6) is 0. The van der Waals surface area contributed by atoms with Crippen LogP contribution in [0.15, 0.2) is 88.8 Å². The predicted octanol–water partition coefficient (Wildman–Crippen LogP) is 6.31. The Morgan fingerprint density at radius 2 is 1.52 bits per heavy atom. The molecule has 3 N–H and O–H groups in total. The Morgan fingerprint density at radius 3 is 2.14 bits per heavy atom. The highest BCUT2D eigenvalue weighted by molar-refractivity contribution is 7.92. The van der Waals surface area contributed by atoms with Crippen molar-refractivity contribution in [2.24, 2.45) is 0 Å². The number of sulfonamides is 2. The maximum absolute atomic E-state index is 13.6. The quantitative estimate of drug-likeness (QED) is 0.197. The van der Waals surface area contributed by atoms with E-state index in [0.29, 0.717) is 21.1 Å². The zero-order valence-corrected chi connectivity index (χ0v) is 26.2. The van der Waals surface area contributed by atoms with Crippen LogP contribution in [0.5, 0.6) is 0 Å². The van der Waals surface area contributed by atoms with Crippen molar-refractivity contribution < 1.29 is 26.4 Å². The van der Waals surface area contributed by atoms with Gasteiger partial charge < -0.3 is 4.74 Å². The summed E-state index contributed by atoms with van der Waals surface area (Å²) in [5, 5.41) is 3.28. The molecule has 0 aliphatic carbocycles. The van der Waals surface area contributed by atoms with Crippen LogP contribution >= 0.6 is 11.3 Å². The lowest BCUT2D eigenvalue weighted by molar-refractivity contribution is 0.130. The molecule has 0 saturated heterocycles. The second-order valence-corrected chi connectivity index (χ2v) is 15.0. The molecule has 0 aliphatic heterocycles. The van der Waals surface area contributed by atoms with Crippen molar-refractivity contribution in [1.29, 1.82) is 0 Å². The number of ether oxygens (including phenoxy) is 1. The Labute approximate surface area is 250 Å². The number of carbonyl (C=O) groups excluding carboxylic acids is 1. The molecular formula is C29H32N4O6S3. The normalized spacial score (nSPS) is 12.2. The molecule has 13 heteroatoms. The smallest absolute Gasteiger partial charge is 0.411 e. The van der Waals surface area contributed by atoms with E-state index < -0.39 is 31.7 Å². The van der Waals surface area contributed by atoms with Crippen molar-refractivity contribution in [2.45, 2.75) is 56.1 Å². The third kappa shape index (κ3) is 7.94. The van der Waals surface area contributed by atoms with Crippen LogP contribution in [0.1, 0.15) is 34.6 Å². The Balaban J connectivity index is 1.68. The van der Waals surface area contributed by atoms with Gasteiger partial charge in [0, 0.05) is 28.6 Å². The molecule has 0 bridgehead atoms. The van der Waals surface area contributed by atoms with E-state index in [9.17, 15) is 21.6 Å². The van der Waals surface area contributed by atoms with Gasteiger partial charge >= 0.3 is 6.09 Å². The van der Waals surface area contributed by atoms with Gasteiger partial charge in [0.2, 0.25) is 10.0 Å². The molecule has 222 valence electrons. The van der Waals surface area contributed by atoms with E-state index in [0.717, 1.165) is 5.56 Å². The van der Waals surface area contributed by atoms with Crippen LogP contribution < -0.4 is 14.8 Å². The van der Waals surface area contributed by atoms with E-state index >= 15 is 0 Å². The number of benzene rings is 3. The topological polar surface area (TPSA) is 144 Å². The van der Waals surface area contributed by atoms with Gasteiger partial charge in [-0.2, -0.15) is 0 Å². The van der Waals surface area contributed by atoms with Gasteiger partial charge in [0.05, 0.1) is 26.5 Å². The van der Waals surface area contributed by atoms with Gasteiger partial charge in [0.15, 0.2) is 0 Å². The summed E-state index contributed by atoms with van der Waals surface area (Å²) in [6.45, 7) is 8.68. The summed E-state index contributed by atoms with van der Waals surface area (Å²) >= 11 is 1.28. The molecule has 3 aromatic carbocycles. The maximum Gasteiger partial charge on any atom is 0.411 e. The van der Waals surface area contributed by atoms with Gasteiger partial charge in [-0.25, -0.2) is 31.3 Å². The van der Waals surface area contributed by atoms with Crippen LogP contribution in [0.3, 0.4) is 0 Å². The van der Waals surface area contributed by atoms with Crippen LogP contribution in [-0.4, -0.2) is 39.6 Å². The number of amides is 1. The van der Waals surface area contributed by atoms with Crippen LogP contribution in [0.25, 0.3) is 21.0 Å². The molecule has 10 nitrogen and oxygen atoms in total. The average Bonchev–Trinajstić information content (AvgIpc) is 3.38. The van der Waals surface area contributed by atoms with Crippen molar-refractivity contribution in [3.63, 3.8) is 0 Å². The first kappa shape index (κ1) is 31.2. The van der Waals surface area contributed by atoms with E-state index in [1.54, 1.807) is 89.3 Å². The van der Waals surface area contributed by atoms with Gasteiger partial charge in [-0.3, -0.25) is 10.0 Å². The SMILES string of the molecule is CC(C)OC(=O)Nc1ccc(-c2ncc(-c3ccc(NS(=O)(=O)c4ccccc4)cc3S(=O)(=O)NC(C)(C)C)s2)cc1. The number of nitrogens with one attached hydrogen (secondary N) is 3. The average molecular weight is 629 g/mol. The zero-order valence-electron chi connectivity index (χ0n) is 23.7. The molecule has 0 fully saturated rings. The van der Waals surface area contributed by atoms with Crippen LogP contribution in [0.4, 0.5) is 16.2 Å². The molecule has 0 unspecified atom stereocenters. The first-order valence-corrected chi connectivity index (χ1v) is 16.7. The summed E-state index contributed by atoms with van der Waals surface area (Å²) in [6.07, 6.45) is 0.774. The first-order chi connectivity index (χ1) is 19.6. The van der Waals surface area contributed by atoms with E-state index in [1.165, 1.54) is 35.6 Å². The number of carbonyl (C=O) groups is 1. The minimum absolute atomic E-state index is 0.0523. The van der Waals surface area contributed by atoms with E-state index in [1.807, 2.05) is 0 Å². The highest BCUT2D eigenvalue weighted by Crippen LogP contribution is 2.37. The number of anilines is 2. The fourth-order valence-corrected chi connectivity index (χ4v) is 7.64. The second kappa shape index (κ2) is 12.2. The van der Waals surface area contributed by atoms with Crippen LogP contribution in [-0.2, 0) is 24.8 Å². The summed E-state index contributed by atoms with van der Waals surface area (Å²) in [4.78, 5) is 16.9. The highest BCUT2D eigenvalue weighted by atomic mass is 32.2. The molecule has 1 amide bonds. The Morgan fingerprint density at radius 1 is 0.881 bits per heavy atom. The number of aromatic nitrogens is 1. The Kier molecular flexibility index (Phi) is 9.06. The van der Waals surface area contributed by atoms with Crippen molar-refractivity contribution in [3.8, 4) is 21.0 Å². The van der Waals surface area contributed by atoms with Crippen molar-refractivity contribution >= 4 is 48.9 Å². The van der Waals surface area contributed by atoms with E-state index in [2.05, 4.69) is 19.7 Å². The molecule has 1 heterocycles. The molecule has 4 aromatic rings. The van der Waals surface area contributed by atoms with Gasteiger partial charge in [0.1, 0.15) is 5.01 Å². The number of thiazole rings is 1. The Hall–Kier alpha value is -3.78. The standard InChI is InChI=1S/C29H32N4O6S3/c1-19(2)39-28(34)31-21-13-11-20(12-14-21)27-30-18-25(40-27)24-16-15-22(17-26(24)42(37,38)33-29(3,4)5)32-41(35,36)23-9-7-6-8-10-23/h6-19,32-33H,1-5H3,(H,31,34). The zero-order chi connectivity index (χ0) is 30.7. The van der Waals surface area contributed by atoms with Crippen molar-refractivity contribution in [1.82, 2.24) is 9.71 Å². The lowest BCUT2D eigenvalue weighted by Crippen LogP contribution is -2.40. The Bertz CT molecular complexity index is 1780. The monoisotopic (exact) mass is 628 g/mol. The van der Waals surface area contributed by atoms with E-state index in [4.69, 9.17) is 4.74 Å². The minimum atomic E-state index is -4.08. The van der Waals surface area contributed by atoms with Gasteiger partial charge in [-0.1, -0.05) is 24.3 Å². The van der Waals surface area contributed by atoms with Gasteiger partial charge in [0.25, 0.3) is 10.0 Å². The summed E-state index contributed by atoms with van der Waals surface area (Å²) < 4.78 is 63.2. The second-order valence-electron chi connectivity index (χ2n) is 10.7. The number of hydrogen-bond acceptors (Lipinski definition) is 8. The molecule has 0 spiro atoms. The van der Waals surface area contributed by atoms with Crippen LogP contribution in [0, 0.1) is 0 Å². The highest BCUT2D eigenvalue weighted by Gasteiger charge is 2.27. The summed E-state index contributed by atoms with van der Waals surface area (Å²) in [6, 6.07) is 19.2. The maximum atomic E-state index is 13.6. The van der Waals surface area contributed by atoms with Gasteiger partial charge in [-0.15, -0.1) is 11.3 Å². The molecular weight excluding hydrogens is 597 g/mol. The number of rotatable bonds is 9. The fraction of sp³-hybridized carbons (Fsp3) is 0.241. The summed E-state index contributed by atoms with van der Waals surface area (Å²) in [7, 11) is -8.03. The molecule has 4 rings (SSSR count). The predicted molar refractivity (Wildman–Crippen MR) is 166 cm³/mol. The molecule has 1 aromatic heterocycles. The molecule has 0 saturated carbocycles. The largest absolute Gasteiger partial charge is 0.447 e. The minimum Gasteiger partial charge on any atom is -0.447 e. The molecule has 0 radical (unpaired) electrons. The fourth-order valence-electron chi connectivity index (χ4n) is 3.87. The lowest BCUT2D eigenvalue weighted by Gasteiger charge is -2.22. The molecule has 0 atom stereocenters.